The average molecular weight is 240 g/mol. The number of fused-ring (bicyclic) bond motifs is 3. The quantitative estimate of drug-likeness (QED) is 0.817. The number of anilines is 1. The zero-order valence-corrected chi connectivity index (χ0v) is 11.3. The van der Waals surface area contributed by atoms with E-state index < -0.39 is 0 Å². The molecule has 3 rings (SSSR count). The number of hydrogen-bond acceptors (Lipinski definition) is 2. The van der Waals surface area contributed by atoms with Crippen LogP contribution in [0.1, 0.15) is 31.9 Å². The first-order chi connectivity index (χ1) is 8.54. The van der Waals surface area contributed by atoms with Crippen molar-refractivity contribution in [3.63, 3.8) is 0 Å². The summed E-state index contributed by atoms with van der Waals surface area (Å²) >= 11 is 0. The van der Waals surface area contributed by atoms with Gasteiger partial charge in [0.25, 0.3) is 0 Å². The van der Waals surface area contributed by atoms with Gasteiger partial charge in [0.05, 0.1) is 6.04 Å². The minimum absolute atomic E-state index is 0.131. The summed E-state index contributed by atoms with van der Waals surface area (Å²) in [5.74, 6) is 0. The highest BCUT2D eigenvalue weighted by molar-refractivity contribution is 5.69. The predicted molar refractivity (Wildman–Crippen MR) is 76.5 cm³/mol. The molecular weight excluding hydrogens is 220 g/mol. The first-order valence-electron chi connectivity index (χ1n) is 6.52. The molecule has 0 bridgehead atoms. The highest BCUT2D eigenvalue weighted by atomic mass is 15.2. The molecule has 2 aliphatic heterocycles. The molecule has 0 saturated carbocycles. The molecule has 1 aromatic carbocycles. The Balaban J connectivity index is 2.17. The summed E-state index contributed by atoms with van der Waals surface area (Å²) in [4.78, 5) is 2.38. The van der Waals surface area contributed by atoms with Gasteiger partial charge >= 0.3 is 0 Å². The van der Waals surface area contributed by atoms with Crippen LogP contribution in [0.3, 0.4) is 0 Å². The number of rotatable bonds is 1. The lowest BCUT2D eigenvalue weighted by molar-refractivity contribution is 0.490. The highest BCUT2D eigenvalue weighted by Gasteiger charge is 2.43. The second-order valence-corrected chi connectivity index (χ2v) is 5.86. The lowest BCUT2D eigenvalue weighted by Crippen LogP contribution is -2.38. The van der Waals surface area contributed by atoms with E-state index in [1.54, 1.807) is 0 Å². The average Bonchev–Trinajstić information content (AvgIpc) is 2.58. The minimum Gasteiger partial charge on any atom is -0.340 e. The van der Waals surface area contributed by atoms with E-state index in [0.29, 0.717) is 12.6 Å². The Morgan fingerprint density at radius 1 is 1.33 bits per heavy atom. The zero-order chi connectivity index (χ0) is 12.9. The fourth-order valence-electron chi connectivity index (χ4n) is 3.07. The standard InChI is InChI=1S/C16H20N2/c1-11-6-7-18-14-5-4-12(10-17)9-13(14)16(2,3)15(18)8-11/h4-9,15H,10,17H2,1-3H3. The molecule has 2 nitrogen and oxygen atoms in total. The van der Waals surface area contributed by atoms with Crippen molar-refractivity contribution in [2.45, 2.75) is 38.8 Å². The van der Waals surface area contributed by atoms with Crippen molar-refractivity contribution in [3.8, 4) is 0 Å². The predicted octanol–water partition coefficient (Wildman–Crippen LogP) is 3.09. The molecule has 18 heavy (non-hydrogen) atoms. The summed E-state index contributed by atoms with van der Waals surface area (Å²) in [6, 6.07) is 7.03. The molecule has 0 spiro atoms. The number of allylic oxidation sites excluding steroid dienone is 2. The molecule has 0 amide bonds. The van der Waals surface area contributed by atoms with Crippen molar-refractivity contribution in [1.82, 2.24) is 0 Å². The van der Waals surface area contributed by atoms with Crippen LogP contribution in [0.25, 0.3) is 0 Å². The summed E-state index contributed by atoms with van der Waals surface area (Å²) in [6.45, 7) is 7.41. The Kier molecular flexibility index (Phi) is 2.39. The van der Waals surface area contributed by atoms with Crippen LogP contribution in [0.2, 0.25) is 0 Å². The fraction of sp³-hybridized carbons (Fsp3) is 0.375. The van der Waals surface area contributed by atoms with Gasteiger partial charge in [0.15, 0.2) is 0 Å². The van der Waals surface area contributed by atoms with E-state index in [0.717, 1.165) is 0 Å². The van der Waals surface area contributed by atoms with Crippen LogP contribution in [0.4, 0.5) is 5.69 Å². The molecule has 1 atom stereocenters. The van der Waals surface area contributed by atoms with Crippen molar-refractivity contribution >= 4 is 5.69 Å². The number of benzene rings is 1. The van der Waals surface area contributed by atoms with Crippen molar-refractivity contribution in [3.05, 3.63) is 53.3 Å². The van der Waals surface area contributed by atoms with E-state index in [-0.39, 0.29) is 5.41 Å². The Morgan fingerprint density at radius 3 is 2.83 bits per heavy atom. The van der Waals surface area contributed by atoms with Gasteiger partial charge in [-0.3, -0.25) is 0 Å². The Bertz CT molecular complexity index is 552. The van der Waals surface area contributed by atoms with Crippen LogP contribution in [0, 0.1) is 0 Å². The third kappa shape index (κ3) is 1.45. The third-order valence-electron chi connectivity index (χ3n) is 4.23. The van der Waals surface area contributed by atoms with Crippen LogP contribution in [-0.2, 0) is 12.0 Å². The van der Waals surface area contributed by atoms with Gasteiger partial charge in [-0.15, -0.1) is 0 Å². The van der Waals surface area contributed by atoms with Gasteiger partial charge < -0.3 is 10.6 Å². The van der Waals surface area contributed by atoms with Crippen LogP contribution in [0.5, 0.6) is 0 Å². The maximum atomic E-state index is 5.76. The number of nitrogens with zero attached hydrogens (tertiary/aromatic N) is 1. The Hall–Kier alpha value is -1.54. The number of nitrogens with two attached hydrogens (primary N) is 1. The fourth-order valence-corrected chi connectivity index (χ4v) is 3.07. The molecule has 0 aliphatic carbocycles. The second-order valence-electron chi connectivity index (χ2n) is 5.86. The summed E-state index contributed by atoms with van der Waals surface area (Å²) in [5, 5.41) is 0. The van der Waals surface area contributed by atoms with E-state index in [1.807, 2.05) is 0 Å². The highest BCUT2D eigenvalue weighted by Crippen LogP contribution is 2.47. The topological polar surface area (TPSA) is 29.3 Å². The smallest absolute Gasteiger partial charge is 0.0614 e. The first-order valence-corrected chi connectivity index (χ1v) is 6.52. The van der Waals surface area contributed by atoms with Crippen LogP contribution in [-0.4, -0.2) is 6.04 Å². The first kappa shape index (κ1) is 11.5. The third-order valence-corrected chi connectivity index (χ3v) is 4.23. The van der Waals surface area contributed by atoms with E-state index >= 15 is 0 Å². The molecule has 2 heteroatoms. The van der Waals surface area contributed by atoms with Gasteiger partial charge in [0.1, 0.15) is 0 Å². The zero-order valence-electron chi connectivity index (χ0n) is 11.3. The van der Waals surface area contributed by atoms with E-state index in [2.05, 4.69) is 62.2 Å². The van der Waals surface area contributed by atoms with Crippen molar-refractivity contribution in [2.24, 2.45) is 5.73 Å². The summed E-state index contributed by atoms with van der Waals surface area (Å²) in [5.41, 5.74) is 11.2. The summed E-state index contributed by atoms with van der Waals surface area (Å²) in [7, 11) is 0. The van der Waals surface area contributed by atoms with Crippen molar-refractivity contribution < 1.29 is 0 Å². The van der Waals surface area contributed by atoms with E-state index in [1.165, 1.54) is 22.4 Å². The molecule has 2 heterocycles. The molecule has 0 radical (unpaired) electrons. The molecule has 2 aliphatic rings. The maximum absolute atomic E-state index is 5.76. The van der Waals surface area contributed by atoms with Crippen LogP contribution < -0.4 is 10.6 Å². The molecule has 2 N–H and O–H groups in total. The van der Waals surface area contributed by atoms with Crippen molar-refractivity contribution in [2.75, 3.05) is 4.90 Å². The maximum Gasteiger partial charge on any atom is 0.0614 e. The molecule has 1 aromatic rings. The molecule has 0 fully saturated rings. The van der Waals surface area contributed by atoms with Gasteiger partial charge in [0.2, 0.25) is 0 Å². The SMILES string of the molecule is CC1=CC2N(C=C1)c1ccc(CN)cc1C2(C)C. The molecule has 0 aromatic heterocycles. The van der Waals surface area contributed by atoms with Crippen LogP contribution in [0.15, 0.2) is 42.1 Å². The van der Waals surface area contributed by atoms with Gasteiger partial charge in [-0.25, -0.2) is 0 Å². The molecule has 1 unspecified atom stereocenters. The monoisotopic (exact) mass is 240 g/mol. The normalized spacial score (nSPS) is 23.7. The summed E-state index contributed by atoms with van der Waals surface area (Å²) < 4.78 is 0. The van der Waals surface area contributed by atoms with Crippen LogP contribution >= 0.6 is 0 Å². The molecular formula is C16H20N2. The Morgan fingerprint density at radius 2 is 2.11 bits per heavy atom. The van der Waals surface area contributed by atoms with E-state index in [9.17, 15) is 0 Å². The molecule has 0 saturated heterocycles. The molecule has 94 valence electrons. The summed E-state index contributed by atoms with van der Waals surface area (Å²) in [6.07, 6.45) is 6.75. The van der Waals surface area contributed by atoms with Gasteiger partial charge in [-0.05, 0) is 30.2 Å². The van der Waals surface area contributed by atoms with Gasteiger partial charge in [-0.1, -0.05) is 37.6 Å². The van der Waals surface area contributed by atoms with E-state index in [4.69, 9.17) is 5.73 Å². The largest absolute Gasteiger partial charge is 0.340 e. The minimum atomic E-state index is 0.131. The number of hydrogen-bond donors (Lipinski definition) is 1. The van der Waals surface area contributed by atoms with Crippen molar-refractivity contribution in [1.29, 1.82) is 0 Å². The van der Waals surface area contributed by atoms with Gasteiger partial charge in [-0.2, -0.15) is 0 Å². The second kappa shape index (κ2) is 3.72. The lowest BCUT2D eigenvalue weighted by atomic mass is 9.79. The lowest BCUT2D eigenvalue weighted by Gasteiger charge is -2.32. The van der Waals surface area contributed by atoms with Gasteiger partial charge in [0, 0.05) is 23.8 Å². The Labute approximate surface area is 109 Å².